The Kier molecular flexibility index (Phi) is 5.45. The number of para-hydroxylation sites is 2. The van der Waals surface area contributed by atoms with Crippen molar-refractivity contribution in [3.8, 4) is 0 Å². The summed E-state index contributed by atoms with van der Waals surface area (Å²) in [5, 5.41) is 2.28. The number of rotatable bonds is 6. The van der Waals surface area contributed by atoms with Crippen LogP contribution in [0.2, 0.25) is 0 Å². The van der Waals surface area contributed by atoms with Crippen molar-refractivity contribution in [3.05, 3.63) is 30.1 Å². The van der Waals surface area contributed by atoms with Crippen LogP contribution in [0.25, 0.3) is 11.0 Å². The van der Waals surface area contributed by atoms with Crippen molar-refractivity contribution in [1.82, 2.24) is 14.6 Å². The lowest BCUT2D eigenvalue weighted by atomic mass is 9.82. The molecule has 0 aliphatic carbocycles. The molecule has 2 heterocycles. The molecule has 0 bridgehead atoms. The monoisotopic (exact) mass is 357 g/mol. The number of hydrogen-bond donors (Lipinski definition) is 0. The van der Waals surface area contributed by atoms with Crippen molar-refractivity contribution >= 4 is 11.0 Å². The van der Waals surface area contributed by atoms with E-state index in [-0.39, 0.29) is 17.2 Å². The first-order valence-electron chi connectivity index (χ1n) is 10.1. The maximum Gasteiger partial charge on any atom is 0.141 e. The second kappa shape index (κ2) is 7.32. The van der Waals surface area contributed by atoms with Crippen LogP contribution in [0.15, 0.2) is 24.3 Å². The van der Waals surface area contributed by atoms with E-state index in [4.69, 9.17) is 9.82 Å². The molecule has 0 amide bonds. The highest BCUT2D eigenvalue weighted by molar-refractivity contribution is 5.75. The zero-order valence-corrected chi connectivity index (χ0v) is 17.4. The molecule has 4 heteroatoms. The molecule has 3 rings (SSSR count). The van der Waals surface area contributed by atoms with Crippen LogP contribution < -0.4 is 0 Å². The molecular weight excluding hydrogens is 322 g/mol. The maximum absolute atomic E-state index is 6.77. The van der Waals surface area contributed by atoms with Gasteiger partial charge in [0.2, 0.25) is 0 Å². The lowest BCUT2D eigenvalue weighted by molar-refractivity contribution is -0.309. The average Bonchev–Trinajstić information content (AvgIpc) is 2.90. The van der Waals surface area contributed by atoms with E-state index in [0.717, 1.165) is 30.6 Å². The average molecular weight is 358 g/mol. The van der Waals surface area contributed by atoms with Crippen LogP contribution in [0.4, 0.5) is 0 Å². The van der Waals surface area contributed by atoms with E-state index in [2.05, 4.69) is 75.6 Å². The van der Waals surface area contributed by atoms with E-state index in [1.54, 1.807) is 0 Å². The summed E-state index contributed by atoms with van der Waals surface area (Å²) < 4.78 is 2.21. The van der Waals surface area contributed by atoms with Gasteiger partial charge in [0.05, 0.1) is 11.0 Å². The molecule has 1 aromatic carbocycles. The fraction of sp³-hybridized carbons (Fsp3) is 0.682. The van der Waals surface area contributed by atoms with Crippen molar-refractivity contribution in [2.45, 2.75) is 90.3 Å². The minimum atomic E-state index is -0.0102. The summed E-state index contributed by atoms with van der Waals surface area (Å²) in [5.41, 5.74) is 2.30. The Morgan fingerprint density at radius 3 is 2.38 bits per heavy atom. The lowest BCUT2D eigenvalue weighted by Crippen LogP contribution is -2.58. The number of imidazole rings is 1. The number of hydrogen-bond acceptors (Lipinski definition) is 3. The Bertz CT molecular complexity index is 731. The number of benzene rings is 1. The molecule has 4 nitrogen and oxygen atoms in total. The van der Waals surface area contributed by atoms with Gasteiger partial charge < -0.3 is 4.57 Å². The van der Waals surface area contributed by atoms with Crippen molar-refractivity contribution in [2.75, 3.05) is 0 Å². The van der Waals surface area contributed by atoms with Gasteiger partial charge in [0.25, 0.3) is 0 Å². The van der Waals surface area contributed by atoms with Crippen LogP contribution in [0.3, 0.4) is 0 Å². The Morgan fingerprint density at radius 1 is 1.12 bits per heavy atom. The van der Waals surface area contributed by atoms with Gasteiger partial charge in [-0.3, -0.25) is 4.84 Å². The number of piperidine rings is 1. The van der Waals surface area contributed by atoms with E-state index in [1.807, 2.05) is 0 Å². The number of aryl methyl sites for hydroxylation is 1. The van der Waals surface area contributed by atoms with Crippen LogP contribution in [0.5, 0.6) is 0 Å². The minimum absolute atomic E-state index is 0.0102. The largest absolute Gasteiger partial charge is 0.329 e. The predicted molar refractivity (Wildman–Crippen MR) is 108 cm³/mol. The summed E-state index contributed by atoms with van der Waals surface area (Å²) >= 11 is 0. The van der Waals surface area contributed by atoms with E-state index in [0.29, 0.717) is 0 Å². The third-order valence-corrected chi connectivity index (χ3v) is 5.84. The molecule has 1 saturated heterocycles. The number of aromatic nitrogens is 2. The Morgan fingerprint density at radius 2 is 1.77 bits per heavy atom. The molecule has 2 aromatic rings. The SMILES string of the molecule is CCCCC(ON1C(C)(C)CCCC1(C)C)c1nc2ccccc2n1C. The molecular formula is C22H35N3O. The molecule has 1 unspecified atom stereocenters. The molecule has 1 aliphatic heterocycles. The van der Waals surface area contributed by atoms with E-state index < -0.39 is 0 Å². The van der Waals surface area contributed by atoms with Gasteiger partial charge in [-0.15, -0.1) is 0 Å². The van der Waals surface area contributed by atoms with Gasteiger partial charge in [0.1, 0.15) is 11.9 Å². The van der Waals surface area contributed by atoms with Crippen LogP contribution >= 0.6 is 0 Å². The summed E-state index contributed by atoms with van der Waals surface area (Å²) in [7, 11) is 2.11. The topological polar surface area (TPSA) is 30.3 Å². The molecule has 1 aliphatic rings. The fourth-order valence-corrected chi connectivity index (χ4v) is 4.46. The third-order valence-electron chi connectivity index (χ3n) is 5.84. The van der Waals surface area contributed by atoms with Gasteiger partial charge in [-0.1, -0.05) is 31.9 Å². The number of nitrogens with zero attached hydrogens (tertiary/aromatic N) is 3. The summed E-state index contributed by atoms with van der Waals surface area (Å²) in [6, 6.07) is 8.35. The molecule has 0 spiro atoms. The van der Waals surface area contributed by atoms with E-state index >= 15 is 0 Å². The van der Waals surface area contributed by atoms with Gasteiger partial charge in [-0.05, 0) is 65.5 Å². The molecule has 1 atom stereocenters. The highest BCUT2D eigenvalue weighted by atomic mass is 16.7. The van der Waals surface area contributed by atoms with Crippen molar-refractivity contribution < 1.29 is 4.84 Å². The van der Waals surface area contributed by atoms with Gasteiger partial charge >= 0.3 is 0 Å². The predicted octanol–water partition coefficient (Wildman–Crippen LogP) is 5.78. The van der Waals surface area contributed by atoms with Crippen LogP contribution in [-0.2, 0) is 11.9 Å². The van der Waals surface area contributed by atoms with Gasteiger partial charge in [-0.25, -0.2) is 4.98 Å². The van der Waals surface area contributed by atoms with Crippen molar-refractivity contribution in [2.24, 2.45) is 7.05 Å². The molecule has 26 heavy (non-hydrogen) atoms. The molecule has 1 fully saturated rings. The summed E-state index contributed by atoms with van der Waals surface area (Å²) in [4.78, 5) is 11.7. The quantitative estimate of drug-likeness (QED) is 0.656. The number of unbranched alkanes of at least 4 members (excludes halogenated alkanes) is 1. The zero-order chi connectivity index (χ0) is 18.9. The van der Waals surface area contributed by atoms with Crippen LogP contribution in [0.1, 0.15) is 85.1 Å². The summed E-state index contributed by atoms with van der Waals surface area (Å²) in [6.07, 6.45) is 6.88. The van der Waals surface area contributed by atoms with Gasteiger partial charge in [0.15, 0.2) is 0 Å². The minimum Gasteiger partial charge on any atom is -0.329 e. The molecule has 1 aromatic heterocycles. The standard InChI is InChI=1S/C22H35N3O/c1-7-8-14-19(20-23-17-12-9-10-13-18(17)24(20)6)26-25-21(2,3)15-11-16-22(25,4)5/h9-10,12-13,19H,7-8,11,14-16H2,1-6H3. The first kappa shape index (κ1) is 19.4. The first-order chi connectivity index (χ1) is 12.3. The Hall–Kier alpha value is -1.39. The summed E-state index contributed by atoms with van der Waals surface area (Å²) in [6.45, 7) is 11.5. The van der Waals surface area contributed by atoms with Crippen molar-refractivity contribution in [3.63, 3.8) is 0 Å². The smallest absolute Gasteiger partial charge is 0.141 e. The van der Waals surface area contributed by atoms with Crippen molar-refractivity contribution in [1.29, 1.82) is 0 Å². The molecule has 0 N–H and O–H groups in total. The Balaban J connectivity index is 1.96. The van der Waals surface area contributed by atoms with E-state index in [9.17, 15) is 0 Å². The first-order valence-corrected chi connectivity index (χ1v) is 10.1. The third kappa shape index (κ3) is 3.67. The van der Waals surface area contributed by atoms with Crippen LogP contribution in [-0.4, -0.2) is 25.7 Å². The van der Waals surface area contributed by atoms with Gasteiger partial charge in [0, 0.05) is 18.1 Å². The number of fused-ring (bicyclic) bond motifs is 1. The van der Waals surface area contributed by atoms with Crippen LogP contribution in [0, 0.1) is 0 Å². The van der Waals surface area contributed by atoms with Gasteiger partial charge in [-0.2, -0.15) is 5.06 Å². The zero-order valence-electron chi connectivity index (χ0n) is 17.4. The molecule has 0 saturated carbocycles. The molecule has 0 radical (unpaired) electrons. The Labute approximate surface area is 158 Å². The highest BCUT2D eigenvalue weighted by Gasteiger charge is 2.44. The molecule has 144 valence electrons. The number of hydroxylamine groups is 2. The normalized spacial score (nSPS) is 21.2. The van der Waals surface area contributed by atoms with E-state index in [1.165, 1.54) is 24.8 Å². The highest BCUT2D eigenvalue weighted by Crippen LogP contribution is 2.41. The second-order valence-corrected chi connectivity index (χ2v) is 9.03. The summed E-state index contributed by atoms with van der Waals surface area (Å²) in [5.74, 6) is 1.04. The fourth-order valence-electron chi connectivity index (χ4n) is 4.46. The lowest BCUT2D eigenvalue weighted by Gasteiger charge is -2.52. The maximum atomic E-state index is 6.77. The second-order valence-electron chi connectivity index (χ2n) is 9.03.